The molecular weight excluding hydrogens is 354 g/mol. The molecule has 0 saturated heterocycles. The van der Waals surface area contributed by atoms with E-state index in [1.165, 1.54) is 6.07 Å². The summed E-state index contributed by atoms with van der Waals surface area (Å²) in [7, 11) is 0. The first-order valence-electron chi connectivity index (χ1n) is 5.97. The van der Waals surface area contributed by atoms with Crippen LogP contribution in [0.1, 0.15) is 18.7 Å². The second-order valence-electron chi connectivity index (χ2n) is 4.71. The molecule has 5 nitrogen and oxygen atoms in total. The first-order chi connectivity index (χ1) is 10.8. The summed E-state index contributed by atoms with van der Waals surface area (Å²) in [6, 6.07) is 1.31. The highest BCUT2D eigenvalue weighted by molar-refractivity contribution is 5.15. The van der Waals surface area contributed by atoms with Crippen LogP contribution in [0.5, 0.6) is 0 Å². The Morgan fingerprint density at radius 1 is 1.12 bits per heavy atom. The Morgan fingerprint density at radius 3 is 2.12 bits per heavy atom. The predicted octanol–water partition coefficient (Wildman–Crippen LogP) is 3.46. The quantitative estimate of drug-likeness (QED) is 0.596. The molecule has 1 unspecified atom stereocenters. The summed E-state index contributed by atoms with van der Waals surface area (Å²) < 4.78 is 99.6. The summed E-state index contributed by atoms with van der Waals surface area (Å²) in [5.74, 6) is -7.31. The zero-order valence-electron chi connectivity index (χ0n) is 11.5. The Labute approximate surface area is 129 Å². The standard InChI is InChI=1S/C11H7F8N5/c1-21-8(4-20,2-3-9(12,13)14)5-24-6-22-7(23-24)10(15,16)11(17,18)19/h6H,2-3,5H2. The molecule has 0 N–H and O–H groups in total. The molecule has 13 heteroatoms. The Kier molecular flexibility index (Phi) is 5.08. The number of alkyl halides is 8. The van der Waals surface area contributed by atoms with Gasteiger partial charge in [0.2, 0.25) is 5.82 Å². The van der Waals surface area contributed by atoms with Crippen LogP contribution in [0, 0.1) is 17.9 Å². The van der Waals surface area contributed by atoms with Crippen molar-refractivity contribution in [1.29, 1.82) is 5.26 Å². The molecule has 1 rings (SSSR count). The van der Waals surface area contributed by atoms with Crippen molar-refractivity contribution in [3.63, 3.8) is 0 Å². The lowest BCUT2D eigenvalue weighted by atomic mass is 9.96. The van der Waals surface area contributed by atoms with Crippen LogP contribution in [-0.2, 0) is 12.5 Å². The monoisotopic (exact) mass is 361 g/mol. The average molecular weight is 361 g/mol. The maximum Gasteiger partial charge on any atom is 0.461 e. The molecule has 0 radical (unpaired) electrons. The van der Waals surface area contributed by atoms with Gasteiger partial charge in [0.05, 0.1) is 12.8 Å². The normalized spacial score (nSPS) is 15.4. The predicted molar refractivity (Wildman–Crippen MR) is 60.2 cm³/mol. The smallest absolute Gasteiger partial charge is 0.292 e. The molecule has 24 heavy (non-hydrogen) atoms. The Bertz CT molecular complexity index is 646. The Hall–Kier alpha value is -2.44. The van der Waals surface area contributed by atoms with Crippen molar-refractivity contribution in [1.82, 2.24) is 14.8 Å². The van der Waals surface area contributed by atoms with Gasteiger partial charge in [-0.1, -0.05) is 0 Å². The third-order valence-electron chi connectivity index (χ3n) is 2.84. The van der Waals surface area contributed by atoms with Crippen LogP contribution in [0.3, 0.4) is 0 Å². The van der Waals surface area contributed by atoms with Crippen LogP contribution < -0.4 is 0 Å². The van der Waals surface area contributed by atoms with E-state index in [0.29, 0.717) is 11.0 Å². The van der Waals surface area contributed by atoms with Gasteiger partial charge in [-0.2, -0.15) is 40.4 Å². The fraction of sp³-hybridized carbons (Fsp3) is 0.636. The second kappa shape index (κ2) is 6.22. The molecule has 1 heterocycles. The molecule has 0 aromatic carbocycles. The summed E-state index contributed by atoms with van der Waals surface area (Å²) in [4.78, 5) is 5.51. The molecule has 1 aromatic rings. The molecular formula is C11H7F8N5. The summed E-state index contributed by atoms with van der Waals surface area (Å²) in [5.41, 5.74) is -2.33. The third kappa shape index (κ3) is 4.31. The van der Waals surface area contributed by atoms with E-state index in [1.54, 1.807) is 0 Å². The zero-order chi connectivity index (χ0) is 18.8. The minimum absolute atomic E-state index is 0.312. The maximum absolute atomic E-state index is 13.0. The number of nitrogens with zero attached hydrogens (tertiary/aromatic N) is 5. The Morgan fingerprint density at radius 2 is 1.71 bits per heavy atom. The van der Waals surface area contributed by atoms with Crippen molar-refractivity contribution < 1.29 is 35.1 Å². The highest BCUT2D eigenvalue weighted by atomic mass is 19.4. The number of hydrogen-bond donors (Lipinski definition) is 0. The number of halogens is 8. The number of nitriles is 1. The largest absolute Gasteiger partial charge is 0.461 e. The maximum atomic E-state index is 13.0. The molecule has 0 amide bonds. The molecule has 0 saturated carbocycles. The first-order valence-corrected chi connectivity index (χ1v) is 5.97. The molecule has 1 aromatic heterocycles. The van der Waals surface area contributed by atoms with E-state index in [4.69, 9.17) is 11.8 Å². The SMILES string of the molecule is [C-]#[N+]C(C#N)(CCC(F)(F)F)Cn1cnc(C(F)(F)C(F)(F)F)n1. The molecule has 0 aliphatic rings. The van der Waals surface area contributed by atoms with Gasteiger partial charge >= 0.3 is 23.8 Å². The molecule has 132 valence electrons. The van der Waals surface area contributed by atoms with Gasteiger partial charge in [0.1, 0.15) is 12.9 Å². The summed E-state index contributed by atoms with van der Waals surface area (Å²) >= 11 is 0. The minimum Gasteiger partial charge on any atom is -0.292 e. The van der Waals surface area contributed by atoms with Crippen LogP contribution in [-0.4, -0.2) is 32.7 Å². The van der Waals surface area contributed by atoms with Crippen molar-refractivity contribution in [3.8, 4) is 6.07 Å². The van der Waals surface area contributed by atoms with Crippen LogP contribution in [0.2, 0.25) is 0 Å². The fourth-order valence-electron chi connectivity index (χ4n) is 1.54. The van der Waals surface area contributed by atoms with Gasteiger partial charge in [0, 0.05) is 0 Å². The number of rotatable bonds is 5. The fourth-order valence-corrected chi connectivity index (χ4v) is 1.54. The van der Waals surface area contributed by atoms with Crippen molar-refractivity contribution >= 4 is 0 Å². The molecule has 0 aliphatic carbocycles. The molecule has 0 spiro atoms. The van der Waals surface area contributed by atoms with Gasteiger partial charge in [-0.05, 0) is 0 Å². The molecule has 0 aliphatic heterocycles. The second-order valence-corrected chi connectivity index (χ2v) is 4.71. The van der Waals surface area contributed by atoms with E-state index in [0.717, 1.165) is 0 Å². The lowest BCUT2D eigenvalue weighted by Gasteiger charge is -2.16. The minimum atomic E-state index is -5.97. The van der Waals surface area contributed by atoms with E-state index in [2.05, 4.69) is 14.9 Å². The summed E-state index contributed by atoms with van der Waals surface area (Å²) in [6.07, 6.45) is -12.8. The highest BCUT2D eigenvalue weighted by Crippen LogP contribution is 2.42. The zero-order valence-corrected chi connectivity index (χ0v) is 11.5. The number of aromatic nitrogens is 3. The summed E-state index contributed by atoms with van der Waals surface area (Å²) in [5, 5.41) is 11.7. The van der Waals surface area contributed by atoms with Gasteiger partial charge in [0.25, 0.3) is 0 Å². The van der Waals surface area contributed by atoms with Gasteiger partial charge < -0.3 is 0 Å². The van der Waals surface area contributed by atoms with Gasteiger partial charge in [0.15, 0.2) is 6.07 Å². The lowest BCUT2D eigenvalue weighted by molar-refractivity contribution is -0.292. The van der Waals surface area contributed by atoms with Crippen molar-refractivity contribution in [3.05, 3.63) is 23.6 Å². The van der Waals surface area contributed by atoms with Crippen molar-refractivity contribution in [2.45, 2.75) is 43.2 Å². The van der Waals surface area contributed by atoms with Crippen LogP contribution in [0.4, 0.5) is 35.1 Å². The van der Waals surface area contributed by atoms with Gasteiger partial charge in [-0.15, -0.1) is 5.10 Å². The number of hydrogen-bond acceptors (Lipinski definition) is 3. The van der Waals surface area contributed by atoms with Crippen LogP contribution >= 0.6 is 0 Å². The van der Waals surface area contributed by atoms with E-state index < -0.39 is 49.0 Å². The molecule has 0 bridgehead atoms. The molecule has 0 fully saturated rings. The van der Waals surface area contributed by atoms with E-state index >= 15 is 0 Å². The average Bonchev–Trinajstić information content (AvgIpc) is 2.90. The van der Waals surface area contributed by atoms with Gasteiger partial charge in [-0.25, -0.2) is 16.2 Å². The van der Waals surface area contributed by atoms with E-state index in [9.17, 15) is 35.1 Å². The van der Waals surface area contributed by atoms with E-state index in [-0.39, 0.29) is 0 Å². The summed E-state index contributed by atoms with van der Waals surface area (Å²) in [6.45, 7) is 5.90. The first kappa shape index (κ1) is 19.6. The van der Waals surface area contributed by atoms with E-state index in [1.807, 2.05) is 0 Å². The third-order valence-corrected chi connectivity index (χ3v) is 2.84. The van der Waals surface area contributed by atoms with Crippen LogP contribution in [0.15, 0.2) is 6.33 Å². The van der Waals surface area contributed by atoms with Crippen molar-refractivity contribution in [2.75, 3.05) is 0 Å². The molecule has 1 atom stereocenters. The lowest BCUT2D eigenvalue weighted by Crippen LogP contribution is -2.35. The van der Waals surface area contributed by atoms with Gasteiger partial charge in [-0.3, -0.25) is 4.85 Å². The van der Waals surface area contributed by atoms with Crippen LogP contribution in [0.25, 0.3) is 4.85 Å². The highest BCUT2D eigenvalue weighted by Gasteiger charge is 2.61. The van der Waals surface area contributed by atoms with Crippen molar-refractivity contribution in [2.24, 2.45) is 0 Å². The Balaban J connectivity index is 3.03. The topological polar surface area (TPSA) is 58.9 Å².